The number of fused-ring (bicyclic) bond motifs is 2. The van der Waals surface area contributed by atoms with Gasteiger partial charge in [0.05, 0.1) is 12.2 Å². The summed E-state index contributed by atoms with van der Waals surface area (Å²) in [4.78, 5) is 28.0. The lowest BCUT2D eigenvalue weighted by Crippen LogP contribution is -2.46. The van der Waals surface area contributed by atoms with Gasteiger partial charge in [0.15, 0.2) is 11.5 Å². The number of amides is 2. The third-order valence-corrected chi connectivity index (χ3v) is 7.40. The van der Waals surface area contributed by atoms with Crippen molar-refractivity contribution in [2.24, 2.45) is 0 Å². The van der Waals surface area contributed by atoms with Crippen LogP contribution in [0.25, 0.3) is 0 Å². The first-order valence-electron chi connectivity index (χ1n) is 12.1. The van der Waals surface area contributed by atoms with Crippen molar-refractivity contribution in [3.63, 3.8) is 0 Å². The minimum absolute atomic E-state index is 0.0121. The molecule has 1 fully saturated rings. The van der Waals surface area contributed by atoms with Crippen LogP contribution in [0, 0.1) is 0 Å². The average molecular weight is 551 g/mol. The standard InChI is InChI=1S/C26H27BrN6O3/c1-31-24-17(14-33(26(31)34)21-7-3-2-6-20(21)27)13-28-25(30-24)29-18-8-9-22-23(12-18)36-19(16-35-22)15-32-10-4-5-11-32/h2-3,6-9,12-13,19H,4-5,10-11,14-16H2,1H3,(H,28,29,30). The molecule has 3 aliphatic rings. The summed E-state index contributed by atoms with van der Waals surface area (Å²) >= 11 is 3.54. The number of hydrogen-bond acceptors (Lipinski definition) is 7. The maximum absolute atomic E-state index is 13.1. The van der Waals surface area contributed by atoms with Gasteiger partial charge in [-0.05, 0) is 66.1 Å². The second-order valence-corrected chi connectivity index (χ2v) is 10.1. The fourth-order valence-electron chi connectivity index (χ4n) is 4.89. The lowest BCUT2D eigenvalue weighted by Gasteiger charge is -2.34. The second-order valence-electron chi connectivity index (χ2n) is 9.27. The van der Waals surface area contributed by atoms with Crippen LogP contribution < -0.4 is 24.6 Å². The van der Waals surface area contributed by atoms with E-state index in [1.54, 1.807) is 23.0 Å². The Bertz CT molecular complexity index is 1300. The maximum Gasteiger partial charge on any atom is 0.330 e. The summed E-state index contributed by atoms with van der Waals surface area (Å²) in [6, 6.07) is 13.2. The smallest absolute Gasteiger partial charge is 0.330 e. The molecule has 3 aromatic rings. The Morgan fingerprint density at radius 2 is 1.97 bits per heavy atom. The number of halogens is 1. The zero-order valence-electron chi connectivity index (χ0n) is 20.0. The molecule has 6 rings (SSSR count). The molecule has 1 atom stereocenters. The summed E-state index contributed by atoms with van der Waals surface area (Å²) in [5.41, 5.74) is 2.46. The summed E-state index contributed by atoms with van der Waals surface area (Å²) in [7, 11) is 1.73. The molecule has 3 aliphatic heterocycles. The fourth-order valence-corrected chi connectivity index (χ4v) is 5.39. The largest absolute Gasteiger partial charge is 0.486 e. The quantitative estimate of drug-likeness (QED) is 0.488. The van der Waals surface area contributed by atoms with Gasteiger partial charge in [0.2, 0.25) is 5.95 Å². The number of ether oxygens (including phenoxy) is 2. The van der Waals surface area contributed by atoms with Gasteiger partial charge in [0.1, 0.15) is 18.5 Å². The Labute approximate surface area is 218 Å². The molecular formula is C26H27BrN6O3. The molecule has 0 radical (unpaired) electrons. The Kier molecular flexibility index (Phi) is 6.14. The number of hydrogen-bond donors (Lipinski definition) is 1. The van der Waals surface area contributed by atoms with Gasteiger partial charge >= 0.3 is 6.03 Å². The van der Waals surface area contributed by atoms with Crippen LogP contribution in [0.1, 0.15) is 18.4 Å². The highest BCUT2D eigenvalue weighted by Gasteiger charge is 2.31. The van der Waals surface area contributed by atoms with Crippen LogP contribution in [0.3, 0.4) is 0 Å². The topological polar surface area (TPSA) is 83.1 Å². The molecule has 1 unspecified atom stereocenters. The van der Waals surface area contributed by atoms with Crippen LogP contribution in [-0.4, -0.2) is 60.3 Å². The zero-order chi connectivity index (χ0) is 24.6. The van der Waals surface area contributed by atoms with Gasteiger partial charge in [0.25, 0.3) is 0 Å². The van der Waals surface area contributed by atoms with Gasteiger partial charge in [-0.15, -0.1) is 0 Å². The molecule has 0 bridgehead atoms. The Hall–Kier alpha value is -3.37. The Morgan fingerprint density at radius 1 is 1.14 bits per heavy atom. The Morgan fingerprint density at radius 3 is 2.81 bits per heavy atom. The van der Waals surface area contributed by atoms with E-state index >= 15 is 0 Å². The van der Waals surface area contributed by atoms with E-state index < -0.39 is 0 Å². The number of likely N-dealkylation sites (tertiary alicyclic amines) is 1. The first-order valence-corrected chi connectivity index (χ1v) is 12.9. The van der Waals surface area contributed by atoms with Crippen molar-refractivity contribution in [3.8, 4) is 11.5 Å². The van der Waals surface area contributed by atoms with Gasteiger partial charge < -0.3 is 14.8 Å². The van der Waals surface area contributed by atoms with Gasteiger partial charge in [-0.1, -0.05) is 12.1 Å². The number of aromatic nitrogens is 2. The predicted molar refractivity (Wildman–Crippen MR) is 141 cm³/mol. The van der Waals surface area contributed by atoms with Gasteiger partial charge in [-0.3, -0.25) is 14.7 Å². The van der Waals surface area contributed by atoms with Crippen LogP contribution in [0.15, 0.2) is 53.1 Å². The number of para-hydroxylation sites is 1. The number of anilines is 4. The fraction of sp³-hybridized carbons (Fsp3) is 0.346. The predicted octanol–water partition coefficient (Wildman–Crippen LogP) is 4.79. The van der Waals surface area contributed by atoms with Crippen molar-refractivity contribution in [2.75, 3.05) is 48.4 Å². The van der Waals surface area contributed by atoms with Crippen molar-refractivity contribution < 1.29 is 14.3 Å². The van der Waals surface area contributed by atoms with Crippen LogP contribution in [0.2, 0.25) is 0 Å². The lowest BCUT2D eigenvalue weighted by molar-refractivity contribution is 0.0651. The number of nitrogens with one attached hydrogen (secondary N) is 1. The highest BCUT2D eigenvalue weighted by Crippen LogP contribution is 2.36. The first-order chi connectivity index (χ1) is 17.5. The van der Waals surface area contributed by atoms with E-state index in [9.17, 15) is 4.79 Å². The normalized spacial score (nSPS) is 19.4. The highest BCUT2D eigenvalue weighted by atomic mass is 79.9. The molecule has 2 amide bonds. The second kappa shape index (κ2) is 9.59. The molecule has 36 heavy (non-hydrogen) atoms. The summed E-state index contributed by atoms with van der Waals surface area (Å²) in [6.07, 6.45) is 4.28. The van der Waals surface area contributed by atoms with Crippen LogP contribution in [0.5, 0.6) is 11.5 Å². The maximum atomic E-state index is 13.1. The minimum atomic E-state index is -0.151. The van der Waals surface area contributed by atoms with Gasteiger partial charge in [0, 0.05) is 41.6 Å². The molecular weight excluding hydrogens is 524 g/mol. The molecule has 0 saturated carbocycles. The van der Waals surface area contributed by atoms with Crippen molar-refractivity contribution in [1.29, 1.82) is 0 Å². The number of nitrogens with zero attached hydrogens (tertiary/aromatic N) is 5. The minimum Gasteiger partial charge on any atom is -0.486 e. The molecule has 0 spiro atoms. The van der Waals surface area contributed by atoms with E-state index in [4.69, 9.17) is 9.47 Å². The van der Waals surface area contributed by atoms with Crippen LogP contribution in [-0.2, 0) is 6.54 Å². The molecule has 9 nitrogen and oxygen atoms in total. The molecule has 0 aliphatic carbocycles. The van der Waals surface area contributed by atoms with E-state index in [2.05, 4.69) is 36.1 Å². The van der Waals surface area contributed by atoms with Crippen LogP contribution in [0.4, 0.5) is 27.9 Å². The van der Waals surface area contributed by atoms with Crippen molar-refractivity contribution in [2.45, 2.75) is 25.5 Å². The van der Waals surface area contributed by atoms with E-state index in [0.717, 1.165) is 46.8 Å². The summed E-state index contributed by atoms with van der Waals surface area (Å²) in [5.74, 6) is 2.45. The highest BCUT2D eigenvalue weighted by molar-refractivity contribution is 9.10. The Balaban J connectivity index is 1.19. The van der Waals surface area contributed by atoms with E-state index in [1.165, 1.54) is 12.8 Å². The molecule has 1 N–H and O–H groups in total. The van der Waals surface area contributed by atoms with Crippen molar-refractivity contribution >= 4 is 45.1 Å². The number of benzene rings is 2. The molecule has 4 heterocycles. The van der Waals surface area contributed by atoms with Crippen molar-refractivity contribution in [3.05, 3.63) is 58.7 Å². The third kappa shape index (κ3) is 4.46. The average Bonchev–Trinajstić information content (AvgIpc) is 3.40. The molecule has 2 aromatic carbocycles. The van der Waals surface area contributed by atoms with E-state index in [1.807, 2.05) is 42.5 Å². The summed E-state index contributed by atoms with van der Waals surface area (Å²) < 4.78 is 13.0. The third-order valence-electron chi connectivity index (χ3n) is 6.73. The van der Waals surface area contributed by atoms with Crippen molar-refractivity contribution in [1.82, 2.24) is 14.9 Å². The molecule has 10 heteroatoms. The first kappa shape index (κ1) is 23.1. The number of rotatable bonds is 5. The summed E-state index contributed by atoms with van der Waals surface area (Å²) in [5, 5.41) is 3.25. The van der Waals surface area contributed by atoms with Gasteiger partial charge in [-0.25, -0.2) is 9.78 Å². The van der Waals surface area contributed by atoms with E-state index in [-0.39, 0.29) is 12.1 Å². The summed E-state index contributed by atoms with van der Waals surface area (Å²) in [6.45, 7) is 4.08. The number of urea groups is 1. The van der Waals surface area contributed by atoms with E-state index in [0.29, 0.717) is 30.7 Å². The monoisotopic (exact) mass is 550 g/mol. The molecule has 186 valence electrons. The molecule has 1 aromatic heterocycles. The number of carbonyl (C=O) groups excluding carboxylic acids is 1. The number of carbonyl (C=O) groups is 1. The lowest BCUT2D eigenvalue weighted by atomic mass is 10.2. The SMILES string of the molecule is CN1C(=O)N(c2ccccc2Br)Cc2cnc(Nc3ccc4c(c3)OC(CN3CCCC3)CO4)nc21. The zero-order valence-corrected chi connectivity index (χ0v) is 21.6. The van der Waals surface area contributed by atoms with Gasteiger partial charge in [-0.2, -0.15) is 4.98 Å². The van der Waals surface area contributed by atoms with Crippen LogP contribution >= 0.6 is 15.9 Å². The molecule has 1 saturated heterocycles.